The molecule has 0 bridgehead atoms. The molecule has 0 N–H and O–H groups in total. The Kier molecular flexibility index (Phi) is 7.27. The van der Waals surface area contributed by atoms with Crippen LogP contribution in [-0.2, 0) is 5.41 Å². The molecule has 0 saturated heterocycles. The zero-order chi connectivity index (χ0) is 38.2. The molecule has 1 aliphatic heterocycles. The van der Waals surface area contributed by atoms with E-state index in [0.29, 0.717) is 0 Å². The van der Waals surface area contributed by atoms with Crippen molar-refractivity contribution in [3.05, 3.63) is 240 Å². The largest absolute Gasteiger partial charge is 0.478 e. The van der Waals surface area contributed by atoms with Gasteiger partial charge in [0.05, 0.1) is 16.8 Å². The van der Waals surface area contributed by atoms with Gasteiger partial charge in [-0.3, -0.25) is 0 Å². The predicted octanol–water partition coefficient (Wildman–Crippen LogP) is 13.4. The molecule has 12 rings (SSSR count). The lowest BCUT2D eigenvalue weighted by Gasteiger charge is -2.38. The topological polar surface area (TPSA) is 21.7 Å². The number of anilines is 3. The Balaban J connectivity index is 0.973. The standard InChI is InChI=1S/C55H37NO2/c1-3-15-36(16-4-1)37-27-29-39(30-28-37)56(49-26-14-10-19-41(49)38-17-5-2-6-18-38)40-31-33-50-52(35-40)57-51-34-32-48-53(54(51)58-50)44-22-9-13-25-47(44)55(48)45-23-11-7-20-42(45)43-21-8-12-24-46(43)55/h1-35,51,54H. The molecular weight excluding hydrogens is 707 g/mol. The highest BCUT2D eigenvalue weighted by atomic mass is 16.6. The van der Waals surface area contributed by atoms with Crippen molar-refractivity contribution in [1.82, 2.24) is 0 Å². The molecule has 3 aliphatic carbocycles. The molecule has 0 fully saturated rings. The molecule has 274 valence electrons. The second-order valence-corrected chi connectivity index (χ2v) is 15.5. The van der Waals surface area contributed by atoms with Crippen LogP contribution in [0.3, 0.4) is 0 Å². The second kappa shape index (κ2) is 12.8. The van der Waals surface area contributed by atoms with E-state index in [0.717, 1.165) is 39.7 Å². The van der Waals surface area contributed by atoms with Crippen LogP contribution in [0.2, 0.25) is 0 Å². The van der Waals surface area contributed by atoms with Crippen molar-refractivity contribution in [2.24, 2.45) is 0 Å². The predicted molar refractivity (Wildman–Crippen MR) is 235 cm³/mol. The summed E-state index contributed by atoms with van der Waals surface area (Å²) < 4.78 is 14.2. The van der Waals surface area contributed by atoms with Crippen molar-refractivity contribution in [2.45, 2.75) is 17.6 Å². The van der Waals surface area contributed by atoms with E-state index < -0.39 is 5.41 Å². The van der Waals surface area contributed by atoms with Gasteiger partial charge >= 0.3 is 0 Å². The molecule has 58 heavy (non-hydrogen) atoms. The van der Waals surface area contributed by atoms with E-state index >= 15 is 0 Å². The molecule has 3 nitrogen and oxygen atoms in total. The first-order chi connectivity index (χ1) is 28.8. The van der Waals surface area contributed by atoms with Gasteiger partial charge in [0.1, 0.15) is 0 Å². The Morgan fingerprint density at radius 2 is 0.948 bits per heavy atom. The van der Waals surface area contributed by atoms with Gasteiger partial charge in [-0.1, -0.05) is 170 Å². The quantitative estimate of drug-likeness (QED) is 0.175. The van der Waals surface area contributed by atoms with Crippen molar-refractivity contribution in [3.8, 4) is 44.9 Å². The molecule has 8 aromatic carbocycles. The minimum atomic E-state index is -0.420. The van der Waals surface area contributed by atoms with Gasteiger partial charge in [-0.15, -0.1) is 0 Å². The molecular formula is C55H37NO2. The van der Waals surface area contributed by atoms with Crippen molar-refractivity contribution >= 4 is 22.6 Å². The van der Waals surface area contributed by atoms with Crippen molar-refractivity contribution in [1.29, 1.82) is 0 Å². The summed E-state index contributed by atoms with van der Waals surface area (Å²) in [5, 5.41) is 0. The zero-order valence-corrected chi connectivity index (χ0v) is 31.6. The summed E-state index contributed by atoms with van der Waals surface area (Å²) >= 11 is 0. The van der Waals surface area contributed by atoms with E-state index in [4.69, 9.17) is 9.47 Å². The van der Waals surface area contributed by atoms with Crippen LogP contribution >= 0.6 is 0 Å². The minimum Gasteiger partial charge on any atom is -0.478 e. The van der Waals surface area contributed by atoms with Crippen LogP contribution < -0.4 is 14.4 Å². The Labute approximate surface area is 338 Å². The van der Waals surface area contributed by atoms with Crippen LogP contribution in [0.1, 0.15) is 22.3 Å². The van der Waals surface area contributed by atoms with Gasteiger partial charge in [-0.25, -0.2) is 0 Å². The summed E-state index contributed by atoms with van der Waals surface area (Å²) in [5.41, 5.74) is 17.6. The maximum absolute atomic E-state index is 7.14. The molecule has 8 aromatic rings. The summed E-state index contributed by atoms with van der Waals surface area (Å²) in [5.74, 6) is 1.47. The average Bonchev–Trinajstić information content (AvgIpc) is 3.77. The fraction of sp³-hybridized carbons (Fsp3) is 0.0545. The van der Waals surface area contributed by atoms with Gasteiger partial charge in [0.25, 0.3) is 0 Å². The molecule has 0 saturated carbocycles. The van der Waals surface area contributed by atoms with Gasteiger partial charge in [-0.2, -0.15) is 0 Å². The van der Waals surface area contributed by atoms with Gasteiger partial charge in [0.2, 0.25) is 0 Å². The summed E-state index contributed by atoms with van der Waals surface area (Å²) in [6, 6.07) is 71.7. The maximum Gasteiger partial charge on any atom is 0.165 e. The highest BCUT2D eigenvalue weighted by Gasteiger charge is 2.55. The molecule has 1 spiro atoms. The number of benzene rings is 8. The second-order valence-electron chi connectivity index (χ2n) is 15.5. The fourth-order valence-corrected chi connectivity index (χ4v) is 10.1. The summed E-state index contributed by atoms with van der Waals surface area (Å²) in [6.45, 7) is 0. The van der Waals surface area contributed by atoms with Crippen LogP contribution in [-0.4, -0.2) is 12.2 Å². The number of allylic oxidation sites excluding steroid dienone is 2. The van der Waals surface area contributed by atoms with Crippen LogP contribution in [0.4, 0.5) is 17.1 Å². The van der Waals surface area contributed by atoms with Gasteiger partial charge in [0, 0.05) is 22.9 Å². The molecule has 4 aliphatic rings. The first-order valence-electron chi connectivity index (χ1n) is 20.1. The average molecular weight is 744 g/mol. The first kappa shape index (κ1) is 32.8. The van der Waals surface area contributed by atoms with Crippen molar-refractivity contribution in [3.63, 3.8) is 0 Å². The maximum atomic E-state index is 7.14. The number of para-hydroxylation sites is 1. The third kappa shape index (κ3) is 4.74. The van der Waals surface area contributed by atoms with Crippen LogP contribution in [0.25, 0.3) is 39.0 Å². The highest BCUT2D eigenvalue weighted by molar-refractivity contribution is 5.97. The van der Waals surface area contributed by atoms with Crippen molar-refractivity contribution in [2.75, 3.05) is 4.90 Å². The van der Waals surface area contributed by atoms with Gasteiger partial charge in [-0.05, 0) is 92.1 Å². The molecule has 0 amide bonds. The molecule has 3 heteroatoms. The first-order valence-corrected chi connectivity index (χ1v) is 20.1. The number of ether oxygens (including phenoxy) is 2. The molecule has 0 aromatic heterocycles. The number of hydrogen-bond donors (Lipinski definition) is 0. The normalized spacial score (nSPS) is 17.2. The van der Waals surface area contributed by atoms with Gasteiger partial charge < -0.3 is 14.4 Å². The Morgan fingerprint density at radius 3 is 1.64 bits per heavy atom. The third-order valence-corrected chi connectivity index (χ3v) is 12.5. The lowest BCUT2D eigenvalue weighted by Crippen LogP contribution is -2.41. The number of fused-ring (bicyclic) bond motifs is 12. The minimum absolute atomic E-state index is 0.299. The lowest BCUT2D eigenvalue weighted by atomic mass is 9.69. The summed E-state index contributed by atoms with van der Waals surface area (Å²) in [4.78, 5) is 2.33. The molecule has 2 unspecified atom stereocenters. The van der Waals surface area contributed by atoms with E-state index in [1.807, 2.05) is 0 Å². The fourth-order valence-electron chi connectivity index (χ4n) is 10.1. The van der Waals surface area contributed by atoms with Crippen molar-refractivity contribution < 1.29 is 9.47 Å². The van der Waals surface area contributed by atoms with Crippen LogP contribution in [0, 0.1) is 0 Å². The smallest absolute Gasteiger partial charge is 0.165 e. The Morgan fingerprint density at radius 1 is 0.414 bits per heavy atom. The van der Waals surface area contributed by atoms with E-state index in [1.54, 1.807) is 0 Å². The number of nitrogens with zero attached hydrogens (tertiary/aromatic N) is 1. The number of rotatable bonds is 5. The number of hydrogen-bond acceptors (Lipinski definition) is 3. The van der Waals surface area contributed by atoms with Crippen LogP contribution in [0.15, 0.2) is 218 Å². The van der Waals surface area contributed by atoms with Crippen LogP contribution in [0.5, 0.6) is 11.5 Å². The summed E-state index contributed by atoms with van der Waals surface area (Å²) in [6.07, 6.45) is 3.94. The van der Waals surface area contributed by atoms with Gasteiger partial charge in [0.15, 0.2) is 23.7 Å². The zero-order valence-electron chi connectivity index (χ0n) is 31.6. The molecule has 2 atom stereocenters. The Bertz CT molecular complexity index is 2920. The SMILES string of the molecule is C1=CC2Oc3cc(N(c4ccc(-c5ccccc5)cc4)c4ccccc4-c4ccccc4)ccc3OC2C2=C1C1(c3ccccc32)c2ccccc2-c2ccccc21. The lowest BCUT2D eigenvalue weighted by molar-refractivity contribution is 0.0812. The Hall–Kier alpha value is -7.36. The van der Waals surface area contributed by atoms with E-state index in [2.05, 4.69) is 217 Å². The van der Waals surface area contributed by atoms with E-state index in [1.165, 1.54) is 55.7 Å². The summed E-state index contributed by atoms with van der Waals surface area (Å²) in [7, 11) is 0. The molecule has 0 radical (unpaired) electrons. The highest BCUT2D eigenvalue weighted by Crippen LogP contribution is 2.64. The monoisotopic (exact) mass is 743 g/mol. The van der Waals surface area contributed by atoms with E-state index in [-0.39, 0.29) is 12.2 Å². The van der Waals surface area contributed by atoms with E-state index in [9.17, 15) is 0 Å². The molecule has 1 heterocycles. The third-order valence-electron chi connectivity index (χ3n) is 12.5.